The van der Waals surface area contributed by atoms with Crippen LogP contribution >= 0.6 is 0 Å². The Morgan fingerprint density at radius 1 is 0.978 bits per heavy atom. The molecule has 1 aliphatic heterocycles. The monoisotopic (exact) mass is 631 g/mol. The van der Waals surface area contributed by atoms with Crippen LogP contribution in [0.3, 0.4) is 0 Å². The van der Waals surface area contributed by atoms with E-state index in [0.29, 0.717) is 50.7 Å². The number of methoxy groups -OCH3 is 2. The summed E-state index contributed by atoms with van der Waals surface area (Å²) < 4.78 is 22.3. The predicted octanol–water partition coefficient (Wildman–Crippen LogP) is 5.41. The molecule has 1 heterocycles. The highest BCUT2D eigenvalue weighted by molar-refractivity contribution is 5.95. The van der Waals surface area contributed by atoms with Gasteiger partial charge in [0.2, 0.25) is 5.91 Å². The van der Waals surface area contributed by atoms with Gasteiger partial charge >= 0.3 is 6.09 Å². The molecule has 3 amide bonds. The Balaban J connectivity index is 1.78. The molecule has 1 aromatic rings. The first-order chi connectivity index (χ1) is 21.2. The van der Waals surface area contributed by atoms with Crippen molar-refractivity contribution in [3.8, 4) is 5.75 Å². The number of carbonyl (C=O) groups is 3. The fourth-order valence-corrected chi connectivity index (χ4v) is 6.35. The van der Waals surface area contributed by atoms with Gasteiger partial charge in [0.15, 0.2) is 0 Å². The second kappa shape index (κ2) is 16.6. The smallest absolute Gasteiger partial charge is 0.410 e. The molecule has 2 aliphatic rings. The lowest BCUT2D eigenvalue weighted by Crippen LogP contribution is -2.44. The lowest BCUT2D eigenvalue weighted by molar-refractivity contribution is -0.136. The molecule has 1 saturated heterocycles. The van der Waals surface area contributed by atoms with Crippen molar-refractivity contribution in [2.75, 3.05) is 60.7 Å². The molecule has 2 fully saturated rings. The Morgan fingerprint density at radius 2 is 1.62 bits per heavy atom. The van der Waals surface area contributed by atoms with E-state index in [9.17, 15) is 14.4 Å². The lowest BCUT2D eigenvalue weighted by Gasteiger charge is -2.34. The minimum absolute atomic E-state index is 0.00599. The Labute approximate surface area is 270 Å². The van der Waals surface area contributed by atoms with Gasteiger partial charge in [0.1, 0.15) is 11.4 Å². The van der Waals surface area contributed by atoms with Crippen LogP contribution in [0.2, 0.25) is 0 Å². The quantitative estimate of drug-likeness (QED) is 0.269. The molecule has 45 heavy (non-hydrogen) atoms. The summed E-state index contributed by atoms with van der Waals surface area (Å²) in [5.41, 5.74) is 0.911. The molecule has 3 rings (SSSR count). The zero-order chi connectivity index (χ0) is 33.3. The van der Waals surface area contributed by atoms with E-state index < -0.39 is 5.60 Å². The highest BCUT2D eigenvalue weighted by Gasteiger charge is 2.41. The lowest BCUT2D eigenvalue weighted by atomic mass is 9.86. The molecule has 1 saturated carbocycles. The maximum Gasteiger partial charge on any atom is 0.410 e. The molecular formula is C35H57N3O7. The van der Waals surface area contributed by atoms with Crippen molar-refractivity contribution in [1.82, 2.24) is 14.7 Å². The average molecular weight is 632 g/mol. The molecule has 0 spiro atoms. The van der Waals surface area contributed by atoms with Gasteiger partial charge in [-0.05, 0) is 84.9 Å². The molecule has 0 bridgehead atoms. The van der Waals surface area contributed by atoms with Gasteiger partial charge in [0.25, 0.3) is 5.91 Å². The van der Waals surface area contributed by atoms with Crippen molar-refractivity contribution in [2.24, 2.45) is 17.8 Å². The zero-order valence-electron chi connectivity index (χ0n) is 29.1. The van der Waals surface area contributed by atoms with Crippen LogP contribution < -0.4 is 4.74 Å². The zero-order valence-corrected chi connectivity index (χ0v) is 29.1. The van der Waals surface area contributed by atoms with E-state index in [1.54, 1.807) is 19.1 Å². The molecule has 10 nitrogen and oxygen atoms in total. The van der Waals surface area contributed by atoms with Crippen molar-refractivity contribution < 1.29 is 33.3 Å². The number of amides is 3. The molecule has 0 radical (unpaired) electrons. The molecule has 254 valence electrons. The van der Waals surface area contributed by atoms with Crippen molar-refractivity contribution >= 4 is 17.9 Å². The molecule has 10 heteroatoms. The van der Waals surface area contributed by atoms with Crippen molar-refractivity contribution in [3.63, 3.8) is 0 Å². The van der Waals surface area contributed by atoms with Gasteiger partial charge in [-0.25, -0.2) is 4.79 Å². The molecule has 1 aromatic carbocycles. The number of carbonyl (C=O) groups excluding carboxylic acids is 3. The number of nitrogens with zero attached hydrogens (tertiary/aromatic N) is 3. The van der Waals surface area contributed by atoms with Gasteiger partial charge in [-0.15, -0.1) is 0 Å². The number of ether oxygens (including phenoxy) is 4. The summed E-state index contributed by atoms with van der Waals surface area (Å²) in [6.07, 6.45) is 4.06. The Hall–Kier alpha value is -2.85. The molecule has 0 unspecified atom stereocenters. The number of hydrogen-bond donors (Lipinski definition) is 0. The van der Waals surface area contributed by atoms with E-state index in [1.165, 1.54) is 0 Å². The summed E-state index contributed by atoms with van der Waals surface area (Å²) in [6.45, 7) is 14.6. The second-order valence-corrected chi connectivity index (χ2v) is 14.1. The van der Waals surface area contributed by atoms with Crippen molar-refractivity contribution in [2.45, 2.75) is 91.4 Å². The summed E-state index contributed by atoms with van der Waals surface area (Å²) in [7, 11) is 5.26. The number of likely N-dealkylation sites (tertiary alicyclic amines) is 1. The van der Waals surface area contributed by atoms with Crippen molar-refractivity contribution in [1.29, 1.82) is 0 Å². The number of aryl methyl sites for hydroxylation is 1. The highest BCUT2D eigenvalue weighted by Crippen LogP contribution is 2.31. The normalized spacial score (nSPS) is 22.0. The molecule has 0 aromatic heterocycles. The summed E-state index contributed by atoms with van der Waals surface area (Å²) >= 11 is 0. The van der Waals surface area contributed by atoms with E-state index in [2.05, 4.69) is 0 Å². The van der Waals surface area contributed by atoms with Gasteiger partial charge in [0, 0.05) is 89.8 Å². The van der Waals surface area contributed by atoms with Crippen LogP contribution in [0.15, 0.2) is 18.2 Å². The SMILES string of the molecule is COCCCOc1cc(C(=O)N(C[C@@H]2CN(C(=O)OC(C)(C)C)C[C@H]2CN(C)C(=O)[C@H]2CC[C@@H](OC)CC2)C(C)C)ccc1C. The van der Waals surface area contributed by atoms with Crippen LogP contribution in [0, 0.1) is 24.7 Å². The van der Waals surface area contributed by atoms with E-state index in [-0.39, 0.29) is 47.8 Å². The fraction of sp³-hybridized carbons (Fsp3) is 0.743. The van der Waals surface area contributed by atoms with Gasteiger partial charge in [-0.2, -0.15) is 0 Å². The Morgan fingerprint density at radius 3 is 2.20 bits per heavy atom. The van der Waals surface area contributed by atoms with Crippen LogP contribution in [-0.4, -0.2) is 111 Å². The molecule has 0 N–H and O–H groups in total. The van der Waals surface area contributed by atoms with E-state index in [4.69, 9.17) is 18.9 Å². The minimum atomic E-state index is -0.618. The largest absolute Gasteiger partial charge is 0.493 e. The van der Waals surface area contributed by atoms with E-state index in [1.807, 2.05) is 76.6 Å². The summed E-state index contributed by atoms with van der Waals surface area (Å²) in [5, 5.41) is 0. The second-order valence-electron chi connectivity index (χ2n) is 14.1. The Bertz CT molecular complexity index is 1130. The minimum Gasteiger partial charge on any atom is -0.493 e. The van der Waals surface area contributed by atoms with Gasteiger partial charge in [-0.1, -0.05) is 6.07 Å². The van der Waals surface area contributed by atoms with Gasteiger partial charge in [-0.3, -0.25) is 9.59 Å². The predicted molar refractivity (Wildman–Crippen MR) is 175 cm³/mol. The van der Waals surface area contributed by atoms with Crippen LogP contribution in [0.1, 0.15) is 82.6 Å². The molecule has 2 atom stereocenters. The number of rotatable bonds is 13. The maximum atomic E-state index is 14.0. The van der Waals surface area contributed by atoms with E-state index in [0.717, 1.165) is 37.7 Å². The standard InChI is InChI=1S/C35H57N3O7/c1-24(2)38(33(40)27-12-11-25(3)31(19-27)44-18-10-17-42-8)23-29-22-37(34(41)45-35(4,5)6)21-28(29)20-36(7)32(39)26-13-15-30(43-9)16-14-26/h11-12,19,24,26,28-30H,10,13-18,20-23H2,1-9H3/t26-,28-,29+,30+/m1/s1. The summed E-state index contributed by atoms with van der Waals surface area (Å²) in [4.78, 5) is 46.1. The van der Waals surface area contributed by atoms with Crippen LogP contribution in [0.25, 0.3) is 0 Å². The van der Waals surface area contributed by atoms with Crippen LogP contribution in [0.5, 0.6) is 5.75 Å². The van der Waals surface area contributed by atoms with Crippen LogP contribution in [-0.2, 0) is 19.0 Å². The van der Waals surface area contributed by atoms with Crippen LogP contribution in [0.4, 0.5) is 4.79 Å². The average Bonchev–Trinajstić information content (AvgIpc) is 3.39. The van der Waals surface area contributed by atoms with Gasteiger partial charge in [0.05, 0.1) is 12.7 Å². The topological polar surface area (TPSA) is 97.9 Å². The third kappa shape index (κ3) is 10.6. The number of benzene rings is 1. The summed E-state index contributed by atoms with van der Waals surface area (Å²) in [6, 6.07) is 5.51. The maximum absolute atomic E-state index is 14.0. The summed E-state index contributed by atoms with van der Waals surface area (Å²) in [5.74, 6) is 0.709. The van der Waals surface area contributed by atoms with Gasteiger partial charge < -0.3 is 33.6 Å². The van der Waals surface area contributed by atoms with E-state index >= 15 is 0 Å². The molecular weight excluding hydrogens is 574 g/mol. The number of hydrogen-bond acceptors (Lipinski definition) is 7. The highest BCUT2D eigenvalue weighted by atomic mass is 16.6. The third-order valence-corrected chi connectivity index (χ3v) is 8.97. The fourth-order valence-electron chi connectivity index (χ4n) is 6.35. The Kier molecular flexibility index (Phi) is 13.5. The molecule has 1 aliphatic carbocycles. The third-order valence-electron chi connectivity index (χ3n) is 8.97. The first-order valence-electron chi connectivity index (χ1n) is 16.5. The van der Waals surface area contributed by atoms with Crippen molar-refractivity contribution in [3.05, 3.63) is 29.3 Å². The first-order valence-corrected chi connectivity index (χ1v) is 16.5. The first kappa shape index (κ1) is 36.6.